The van der Waals surface area contributed by atoms with Crippen molar-refractivity contribution in [1.82, 2.24) is 38.6 Å². The number of hydrogen-bond acceptors (Lipinski definition) is 6. The largest absolute Gasteiger partial charge is 0.329 e. The lowest BCUT2D eigenvalue weighted by Crippen LogP contribution is -2.28. The summed E-state index contributed by atoms with van der Waals surface area (Å²) < 4.78 is 4.43. The van der Waals surface area contributed by atoms with Crippen molar-refractivity contribution in [2.24, 2.45) is 21.1 Å². The summed E-state index contributed by atoms with van der Waals surface area (Å²) in [5, 5.41) is 0. The summed E-state index contributed by atoms with van der Waals surface area (Å²) in [6, 6.07) is 0. The highest BCUT2D eigenvalue weighted by molar-refractivity contribution is 5.69. The minimum absolute atomic E-state index is 0.311. The number of nitrogens with one attached hydrogen (secondary N) is 3. The molecule has 0 aromatic carbocycles. The molecular weight excluding hydrogens is 332 g/mol. The summed E-state index contributed by atoms with van der Waals surface area (Å²) >= 11 is 0. The molecule has 3 N–H and O–H groups in total. The fourth-order valence-electron chi connectivity index (χ4n) is 2.35. The Morgan fingerprint density at radius 1 is 0.800 bits per heavy atom. The van der Waals surface area contributed by atoms with Gasteiger partial charge in [0.25, 0.3) is 11.1 Å². The quantitative estimate of drug-likeness (QED) is 0.331. The number of imidazole rings is 2. The first-order chi connectivity index (χ1) is 11.8. The molecule has 0 atom stereocenters. The van der Waals surface area contributed by atoms with Gasteiger partial charge in [-0.05, 0) is 0 Å². The van der Waals surface area contributed by atoms with Crippen molar-refractivity contribution in [3.8, 4) is 0 Å². The van der Waals surface area contributed by atoms with Gasteiger partial charge in [0.05, 0.1) is 12.7 Å². The van der Waals surface area contributed by atoms with Crippen LogP contribution in [-0.2, 0) is 21.1 Å². The molecule has 0 amide bonds. The molecule has 0 radical (unpaired) electrons. The molecule has 12 nitrogen and oxygen atoms in total. The number of aromatic amines is 3. The molecule has 0 saturated heterocycles. The molecule has 130 valence electrons. The molecule has 4 aromatic rings. The van der Waals surface area contributed by atoms with Crippen molar-refractivity contribution in [1.29, 1.82) is 0 Å². The van der Waals surface area contributed by atoms with Gasteiger partial charge in [0.15, 0.2) is 22.3 Å². The van der Waals surface area contributed by atoms with E-state index in [9.17, 15) is 19.2 Å². The number of hydrogen-bond donors (Lipinski definition) is 3. The zero-order chi connectivity index (χ0) is 18.3. The molecule has 0 saturated carbocycles. The van der Waals surface area contributed by atoms with Crippen LogP contribution >= 0.6 is 0 Å². The average molecular weight is 346 g/mol. The minimum atomic E-state index is -0.536. The van der Waals surface area contributed by atoms with Gasteiger partial charge in [0.1, 0.15) is 0 Å². The van der Waals surface area contributed by atoms with Crippen LogP contribution in [0.2, 0.25) is 0 Å². The number of aryl methyl sites for hydroxylation is 3. The Morgan fingerprint density at radius 2 is 1.40 bits per heavy atom. The molecule has 0 bridgehead atoms. The Labute approximate surface area is 137 Å². The molecule has 0 aliphatic carbocycles. The Hall–Kier alpha value is -3.70. The van der Waals surface area contributed by atoms with Crippen LogP contribution < -0.4 is 22.5 Å². The normalized spacial score (nSPS) is 10.8. The second-order valence-corrected chi connectivity index (χ2v) is 5.31. The third-order valence-electron chi connectivity index (χ3n) is 3.59. The highest BCUT2D eigenvalue weighted by atomic mass is 16.2. The van der Waals surface area contributed by atoms with Crippen molar-refractivity contribution in [3.63, 3.8) is 0 Å². The molecule has 4 rings (SSSR count). The second-order valence-electron chi connectivity index (χ2n) is 5.31. The van der Waals surface area contributed by atoms with Gasteiger partial charge in [-0.25, -0.2) is 19.6 Å². The Kier molecular flexibility index (Phi) is 3.71. The van der Waals surface area contributed by atoms with Crippen LogP contribution in [0.4, 0.5) is 0 Å². The molecule has 4 heterocycles. The third kappa shape index (κ3) is 2.69. The van der Waals surface area contributed by atoms with Crippen LogP contribution in [-0.4, -0.2) is 38.6 Å². The van der Waals surface area contributed by atoms with Gasteiger partial charge < -0.3 is 9.13 Å². The Bertz CT molecular complexity index is 1310. The van der Waals surface area contributed by atoms with E-state index in [2.05, 4.69) is 24.9 Å². The lowest BCUT2D eigenvalue weighted by Gasteiger charge is -1.97. The van der Waals surface area contributed by atoms with E-state index < -0.39 is 22.5 Å². The van der Waals surface area contributed by atoms with E-state index >= 15 is 0 Å². The van der Waals surface area contributed by atoms with E-state index in [0.717, 1.165) is 0 Å². The highest BCUT2D eigenvalue weighted by Gasteiger charge is 2.08. The van der Waals surface area contributed by atoms with Crippen LogP contribution in [0.5, 0.6) is 0 Å². The SMILES string of the molecule is Cn1cnc2[nH]c(=O)[nH]c(=O)c21.Cn1cnc2c1c(=O)[nH]c(=O)n2C. The Balaban J connectivity index is 0.000000146. The maximum absolute atomic E-state index is 11.3. The number of nitrogens with zero attached hydrogens (tertiary/aromatic N) is 5. The van der Waals surface area contributed by atoms with Crippen LogP contribution in [0.3, 0.4) is 0 Å². The molecule has 0 spiro atoms. The fraction of sp³-hybridized carbons (Fsp3) is 0.231. The average Bonchev–Trinajstić information content (AvgIpc) is 3.09. The maximum Gasteiger partial charge on any atom is 0.329 e. The smallest absolute Gasteiger partial charge is 0.328 e. The van der Waals surface area contributed by atoms with Crippen LogP contribution in [0, 0.1) is 0 Å². The van der Waals surface area contributed by atoms with Crippen molar-refractivity contribution < 1.29 is 0 Å². The standard InChI is InChI=1S/C7H8N4O2.C6H6N4O2/c1-10-3-8-5-4(10)6(12)9-7(13)11(5)2;1-10-2-7-4-3(10)5(11)9-6(12)8-4/h3H,1-2H3,(H,9,12,13);2H,1H3,(H2,8,9,11,12). The monoisotopic (exact) mass is 346 g/mol. The molecular formula is C13H14N8O4. The van der Waals surface area contributed by atoms with E-state index in [-0.39, 0.29) is 0 Å². The molecule has 4 aromatic heterocycles. The van der Waals surface area contributed by atoms with Gasteiger partial charge in [-0.1, -0.05) is 0 Å². The number of fused-ring (bicyclic) bond motifs is 2. The van der Waals surface area contributed by atoms with Gasteiger partial charge in [-0.15, -0.1) is 0 Å². The van der Waals surface area contributed by atoms with E-state index in [1.165, 1.54) is 17.2 Å². The summed E-state index contributed by atoms with van der Waals surface area (Å²) in [5.41, 5.74) is -0.326. The number of rotatable bonds is 0. The first kappa shape index (κ1) is 16.2. The van der Waals surface area contributed by atoms with Gasteiger partial charge >= 0.3 is 11.4 Å². The fourth-order valence-corrected chi connectivity index (χ4v) is 2.35. The molecule has 0 fully saturated rings. The minimum Gasteiger partial charge on any atom is -0.328 e. The first-order valence-corrected chi connectivity index (χ1v) is 7.03. The van der Waals surface area contributed by atoms with Crippen molar-refractivity contribution in [2.45, 2.75) is 0 Å². The number of H-pyrrole nitrogens is 3. The molecule has 0 aliphatic rings. The summed E-state index contributed by atoms with van der Waals surface area (Å²) in [6.07, 6.45) is 2.97. The van der Waals surface area contributed by atoms with E-state index in [1.54, 1.807) is 30.3 Å². The third-order valence-corrected chi connectivity index (χ3v) is 3.59. The summed E-state index contributed by atoms with van der Waals surface area (Å²) in [4.78, 5) is 58.8. The van der Waals surface area contributed by atoms with Crippen LogP contribution in [0.15, 0.2) is 31.8 Å². The number of aromatic nitrogens is 8. The second kappa shape index (κ2) is 5.74. The maximum atomic E-state index is 11.3. The highest BCUT2D eigenvalue weighted by Crippen LogP contribution is 2.01. The zero-order valence-corrected chi connectivity index (χ0v) is 13.5. The lowest BCUT2D eigenvalue weighted by atomic mass is 10.5. The Morgan fingerprint density at radius 3 is 2.12 bits per heavy atom. The topological polar surface area (TPSA) is 156 Å². The summed E-state index contributed by atoms with van der Waals surface area (Å²) in [5.74, 6) is 0. The van der Waals surface area contributed by atoms with Crippen molar-refractivity contribution >= 4 is 22.3 Å². The van der Waals surface area contributed by atoms with Crippen LogP contribution in [0.1, 0.15) is 0 Å². The van der Waals surface area contributed by atoms with Crippen molar-refractivity contribution in [3.05, 3.63) is 54.3 Å². The molecule has 0 aliphatic heterocycles. The van der Waals surface area contributed by atoms with E-state index in [1.807, 2.05) is 0 Å². The predicted molar refractivity (Wildman–Crippen MR) is 88.5 cm³/mol. The molecule has 25 heavy (non-hydrogen) atoms. The van der Waals surface area contributed by atoms with E-state index in [0.29, 0.717) is 22.3 Å². The van der Waals surface area contributed by atoms with Crippen molar-refractivity contribution in [2.75, 3.05) is 0 Å². The van der Waals surface area contributed by atoms with Gasteiger partial charge in [0, 0.05) is 21.1 Å². The van der Waals surface area contributed by atoms with E-state index in [4.69, 9.17) is 0 Å². The molecule has 12 heteroatoms. The summed E-state index contributed by atoms with van der Waals surface area (Å²) in [6.45, 7) is 0. The summed E-state index contributed by atoms with van der Waals surface area (Å²) in [7, 11) is 4.95. The molecule has 0 unspecified atom stereocenters. The van der Waals surface area contributed by atoms with Gasteiger partial charge in [0.2, 0.25) is 0 Å². The zero-order valence-electron chi connectivity index (χ0n) is 13.5. The van der Waals surface area contributed by atoms with Gasteiger partial charge in [-0.3, -0.25) is 29.1 Å². The predicted octanol–water partition coefficient (Wildman–Crippen LogP) is -2.09. The van der Waals surface area contributed by atoms with Crippen LogP contribution in [0.25, 0.3) is 22.3 Å². The first-order valence-electron chi connectivity index (χ1n) is 7.03. The van der Waals surface area contributed by atoms with Gasteiger partial charge in [-0.2, -0.15) is 0 Å². The lowest BCUT2D eigenvalue weighted by molar-refractivity contribution is 0.829.